The van der Waals surface area contributed by atoms with Crippen LogP contribution in [-0.2, 0) is 9.53 Å². The predicted octanol–water partition coefficient (Wildman–Crippen LogP) is 2.04. The molecule has 0 bridgehead atoms. The molecule has 0 fully saturated rings. The van der Waals surface area contributed by atoms with E-state index in [1.807, 2.05) is 25.1 Å². The average molecular weight is 265 g/mol. The molecule has 0 aliphatic carbocycles. The van der Waals surface area contributed by atoms with Gasteiger partial charge in [0.05, 0.1) is 21.3 Å². The summed E-state index contributed by atoms with van der Waals surface area (Å²) >= 11 is 0. The Balaban J connectivity index is 2.74. The van der Waals surface area contributed by atoms with E-state index in [9.17, 15) is 4.79 Å². The fourth-order valence-corrected chi connectivity index (χ4v) is 1.55. The topological polar surface area (TPSA) is 56.8 Å². The average Bonchev–Trinajstić information content (AvgIpc) is 2.45. The van der Waals surface area contributed by atoms with Gasteiger partial charge in [-0.25, -0.2) is 4.79 Å². The van der Waals surface area contributed by atoms with Crippen molar-refractivity contribution in [2.75, 3.05) is 21.3 Å². The summed E-state index contributed by atoms with van der Waals surface area (Å²) in [6.45, 7) is 1.98. The van der Waals surface area contributed by atoms with E-state index < -0.39 is 5.97 Å². The Morgan fingerprint density at radius 3 is 2.47 bits per heavy atom. The summed E-state index contributed by atoms with van der Waals surface area (Å²) in [5.41, 5.74) is 1.02. The molecule has 0 aliphatic rings. The summed E-state index contributed by atoms with van der Waals surface area (Å²) in [5.74, 6) is 0.959. The Hall–Kier alpha value is -2.17. The number of rotatable bonds is 6. The second-order valence-electron chi connectivity index (χ2n) is 3.86. The summed E-state index contributed by atoms with van der Waals surface area (Å²) < 4.78 is 14.9. The number of methoxy groups -OCH3 is 3. The third-order valence-corrected chi connectivity index (χ3v) is 2.67. The van der Waals surface area contributed by atoms with Crippen molar-refractivity contribution in [1.82, 2.24) is 5.32 Å². The van der Waals surface area contributed by atoms with Crippen molar-refractivity contribution in [2.24, 2.45) is 0 Å². The first kappa shape index (κ1) is 14.9. The predicted molar refractivity (Wildman–Crippen MR) is 72.3 cm³/mol. The lowest BCUT2D eigenvalue weighted by molar-refractivity contribution is -0.134. The molecule has 104 valence electrons. The van der Waals surface area contributed by atoms with Crippen LogP contribution in [0, 0.1) is 0 Å². The normalized spacial score (nSPS) is 12.0. The summed E-state index contributed by atoms with van der Waals surface area (Å²) in [4.78, 5) is 10.9. The molecule has 0 radical (unpaired) electrons. The van der Waals surface area contributed by atoms with Gasteiger partial charge in [0.25, 0.3) is 0 Å². The molecule has 1 atom stereocenters. The van der Waals surface area contributed by atoms with Crippen LogP contribution >= 0.6 is 0 Å². The zero-order valence-electron chi connectivity index (χ0n) is 11.6. The first-order valence-corrected chi connectivity index (χ1v) is 5.84. The van der Waals surface area contributed by atoms with Gasteiger partial charge in [-0.2, -0.15) is 0 Å². The lowest BCUT2D eigenvalue weighted by Crippen LogP contribution is -2.12. The highest BCUT2D eigenvalue weighted by molar-refractivity contribution is 5.81. The van der Waals surface area contributed by atoms with Gasteiger partial charge in [-0.1, -0.05) is 6.07 Å². The Kier molecular flexibility index (Phi) is 5.73. The smallest absolute Gasteiger partial charge is 0.331 e. The number of carbonyl (C=O) groups is 1. The number of ether oxygens (including phenoxy) is 3. The molecule has 0 saturated heterocycles. The fraction of sp³-hybridized carbons (Fsp3) is 0.357. The molecule has 1 aromatic rings. The molecule has 1 rings (SSSR count). The zero-order chi connectivity index (χ0) is 14.3. The number of carbonyl (C=O) groups excluding carboxylic acids is 1. The molecule has 0 amide bonds. The van der Waals surface area contributed by atoms with Crippen LogP contribution < -0.4 is 14.8 Å². The van der Waals surface area contributed by atoms with Crippen molar-refractivity contribution in [1.29, 1.82) is 0 Å². The van der Waals surface area contributed by atoms with Crippen LogP contribution in [0.4, 0.5) is 0 Å². The Morgan fingerprint density at radius 2 is 1.89 bits per heavy atom. The van der Waals surface area contributed by atoms with Gasteiger partial charge in [0.15, 0.2) is 11.5 Å². The minimum atomic E-state index is -0.396. The van der Waals surface area contributed by atoms with Gasteiger partial charge in [-0.05, 0) is 24.6 Å². The molecule has 19 heavy (non-hydrogen) atoms. The van der Waals surface area contributed by atoms with Crippen LogP contribution in [0.2, 0.25) is 0 Å². The van der Waals surface area contributed by atoms with E-state index in [0.717, 1.165) is 5.56 Å². The third kappa shape index (κ3) is 4.21. The highest BCUT2D eigenvalue weighted by Crippen LogP contribution is 2.29. The van der Waals surface area contributed by atoms with Gasteiger partial charge in [0.2, 0.25) is 0 Å². The van der Waals surface area contributed by atoms with E-state index in [2.05, 4.69) is 10.1 Å². The minimum absolute atomic E-state index is 0.0284. The second kappa shape index (κ2) is 7.31. The maximum absolute atomic E-state index is 10.9. The number of nitrogens with one attached hydrogen (secondary N) is 1. The van der Waals surface area contributed by atoms with Crippen LogP contribution in [0.5, 0.6) is 11.5 Å². The SMILES string of the molecule is COC(=O)/C=C/NC(C)c1ccc(OC)c(OC)c1. The first-order valence-electron chi connectivity index (χ1n) is 5.84. The summed E-state index contributed by atoms with van der Waals surface area (Å²) in [7, 11) is 4.53. The molecule has 5 nitrogen and oxygen atoms in total. The van der Waals surface area contributed by atoms with Crippen molar-refractivity contribution >= 4 is 5.97 Å². The van der Waals surface area contributed by atoms with Gasteiger partial charge in [-0.3, -0.25) is 0 Å². The highest BCUT2D eigenvalue weighted by Gasteiger charge is 2.08. The van der Waals surface area contributed by atoms with Gasteiger partial charge < -0.3 is 19.5 Å². The number of esters is 1. The van der Waals surface area contributed by atoms with Crippen molar-refractivity contribution in [3.05, 3.63) is 36.0 Å². The van der Waals surface area contributed by atoms with Crippen LogP contribution in [0.15, 0.2) is 30.5 Å². The van der Waals surface area contributed by atoms with E-state index in [1.165, 1.54) is 13.2 Å². The van der Waals surface area contributed by atoms with Crippen LogP contribution in [0.1, 0.15) is 18.5 Å². The third-order valence-electron chi connectivity index (χ3n) is 2.67. The van der Waals surface area contributed by atoms with Crippen LogP contribution in [0.25, 0.3) is 0 Å². The molecule has 1 aromatic carbocycles. The molecular weight excluding hydrogens is 246 g/mol. The van der Waals surface area contributed by atoms with Crippen LogP contribution in [-0.4, -0.2) is 27.3 Å². The Labute approximate surface area is 113 Å². The van der Waals surface area contributed by atoms with E-state index in [-0.39, 0.29) is 6.04 Å². The van der Waals surface area contributed by atoms with Gasteiger partial charge in [-0.15, -0.1) is 0 Å². The maximum Gasteiger partial charge on any atom is 0.331 e. The second-order valence-corrected chi connectivity index (χ2v) is 3.86. The number of benzene rings is 1. The molecular formula is C14H19NO4. The Bertz CT molecular complexity index is 457. The highest BCUT2D eigenvalue weighted by atomic mass is 16.5. The molecule has 0 spiro atoms. The monoisotopic (exact) mass is 265 g/mol. The van der Waals surface area contributed by atoms with E-state index >= 15 is 0 Å². The van der Waals surface area contributed by atoms with Crippen molar-refractivity contribution in [3.63, 3.8) is 0 Å². The van der Waals surface area contributed by atoms with Crippen molar-refractivity contribution in [3.8, 4) is 11.5 Å². The van der Waals surface area contributed by atoms with Gasteiger partial charge in [0, 0.05) is 18.3 Å². The largest absolute Gasteiger partial charge is 0.493 e. The lowest BCUT2D eigenvalue weighted by atomic mass is 10.1. The standard InChI is InChI=1S/C14H19NO4/c1-10(15-8-7-14(16)19-4)11-5-6-12(17-2)13(9-11)18-3/h5-10,15H,1-4H3/b8-7+. The molecule has 1 unspecified atom stereocenters. The molecule has 0 saturated carbocycles. The van der Waals surface area contributed by atoms with Gasteiger partial charge >= 0.3 is 5.97 Å². The van der Waals surface area contributed by atoms with E-state index in [4.69, 9.17) is 9.47 Å². The zero-order valence-corrected chi connectivity index (χ0v) is 11.6. The molecule has 5 heteroatoms. The fourth-order valence-electron chi connectivity index (χ4n) is 1.55. The molecule has 0 aliphatic heterocycles. The summed E-state index contributed by atoms with van der Waals surface area (Å²) in [5, 5.41) is 3.08. The molecule has 1 N–H and O–H groups in total. The van der Waals surface area contributed by atoms with Crippen LogP contribution in [0.3, 0.4) is 0 Å². The van der Waals surface area contributed by atoms with E-state index in [1.54, 1.807) is 20.4 Å². The Morgan fingerprint density at radius 1 is 1.21 bits per heavy atom. The minimum Gasteiger partial charge on any atom is -0.493 e. The lowest BCUT2D eigenvalue weighted by Gasteiger charge is -2.15. The quantitative estimate of drug-likeness (QED) is 0.630. The summed E-state index contributed by atoms with van der Waals surface area (Å²) in [6.07, 6.45) is 2.89. The van der Waals surface area contributed by atoms with Gasteiger partial charge in [0.1, 0.15) is 0 Å². The number of hydrogen-bond acceptors (Lipinski definition) is 5. The molecule has 0 heterocycles. The number of hydrogen-bond donors (Lipinski definition) is 1. The molecule has 0 aromatic heterocycles. The first-order chi connectivity index (χ1) is 9.12. The summed E-state index contributed by atoms with van der Waals surface area (Å²) in [6, 6.07) is 5.70. The maximum atomic E-state index is 10.9. The van der Waals surface area contributed by atoms with E-state index in [0.29, 0.717) is 11.5 Å². The van der Waals surface area contributed by atoms with Crippen molar-refractivity contribution in [2.45, 2.75) is 13.0 Å². The van der Waals surface area contributed by atoms with Crippen molar-refractivity contribution < 1.29 is 19.0 Å².